The summed E-state index contributed by atoms with van der Waals surface area (Å²) in [4.78, 5) is 15.3. The lowest BCUT2D eigenvalue weighted by Gasteiger charge is -2.07. The second-order valence-corrected chi connectivity index (χ2v) is 7.55. The first-order valence-electron chi connectivity index (χ1n) is 8.10. The number of amides is 1. The maximum absolute atomic E-state index is 12.8. The molecule has 144 valence electrons. The van der Waals surface area contributed by atoms with Gasteiger partial charge in [0.15, 0.2) is 0 Å². The molecule has 0 radical (unpaired) electrons. The molecule has 0 bridgehead atoms. The Morgan fingerprint density at radius 2 is 1.86 bits per heavy atom. The van der Waals surface area contributed by atoms with Crippen LogP contribution in [0.1, 0.15) is 5.56 Å². The van der Waals surface area contributed by atoms with Crippen molar-refractivity contribution in [3.8, 4) is 17.0 Å². The Morgan fingerprint density at radius 3 is 2.46 bits per heavy atom. The first kappa shape index (κ1) is 19.3. The number of nitrogens with zero attached hydrogens (tertiary/aromatic N) is 2. The number of nitrogens with one attached hydrogen (secondary N) is 1. The van der Waals surface area contributed by atoms with E-state index in [-0.39, 0.29) is 4.90 Å². The van der Waals surface area contributed by atoms with Gasteiger partial charge in [0, 0.05) is 36.3 Å². The van der Waals surface area contributed by atoms with Crippen molar-refractivity contribution in [1.82, 2.24) is 14.4 Å². The predicted octanol–water partition coefficient (Wildman–Crippen LogP) is 2.31. The lowest BCUT2D eigenvalue weighted by atomic mass is 10.1. The smallest absolute Gasteiger partial charge is 0.267 e. The molecule has 3 rings (SSSR count). The number of pyridine rings is 1. The lowest BCUT2D eigenvalue weighted by molar-refractivity contribution is -0.124. The fourth-order valence-electron chi connectivity index (χ4n) is 2.46. The monoisotopic (exact) mass is 399 g/mol. The normalized spacial score (nSPS) is 11.5. The largest absolute Gasteiger partial charge is 0.481 e. The summed E-state index contributed by atoms with van der Waals surface area (Å²) in [5.41, 5.74) is 3.61. The molecule has 2 heterocycles. The Labute approximate surface area is 161 Å². The molecule has 1 aromatic carbocycles. The van der Waals surface area contributed by atoms with E-state index in [1.807, 2.05) is 6.07 Å². The van der Waals surface area contributed by atoms with E-state index >= 15 is 0 Å². The number of carbonyl (C=O) groups excluding carboxylic acids is 1. The lowest BCUT2D eigenvalue weighted by Crippen LogP contribution is -2.14. The van der Waals surface area contributed by atoms with Crippen molar-refractivity contribution in [2.45, 2.75) is 4.90 Å². The number of aromatic nitrogens is 2. The van der Waals surface area contributed by atoms with Crippen molar-refractivity contribution in [2.24, 2.45) is 0 Å². The fourth-order valence-corrected chi connectivity index (χ4v) is 3.67. The quantitative estimate of drug-likeness (QED) is 0.374. The summed E-state index contributed by atoms with van der Waals surface area (Å²) in [5, 5.41) is 8.46. The highest BCUT2D eigenvalue weighted by Crippen LogP contribution is 2.23. The van der Waals surface area contributed by atoms with Crippen molar-refractivity contribution < 1.29 is 23.2 Å². The Morgan fingerprint density at radius 1 is 1.14 bits per heavy atom. The van der Waals surface area contributed by atoms with Crippen LogP contribution in [0.15, 0.2) is 72.0 Å². The highest BCUT2D eigenvalue weighted by atomic mass is 32.2. The molecule has 0 atom stereocenters. The topological polar surface area (TPSA) is 111 Å². The van der Waals surface area contributed by atoms with Crippen LogP contribution in [0, 0.1) is 0 Å². The minimum absolute atomic E-state index is 0.122. The number of hydrogen-bond acceptors (Lipinski definition) is 6. The first-order valence-corrected chi connectivity index (χ1v) is 9.54. The maximum atomic E-state index is 12.8. The van der Waals surface area contributed by atoms with E-state index in [4.69, 9.17) is 9.94 Å². The summed E-state index contributed by atoms with van der Waals surface area (Å²) in [6, 6.07) is 11.5. The molecular weight excluding hydrogens is 382 g/mol. The van der Waals surface area contributed by atoms with Gasteiger partial charge >= 0.3 is 0 Å². The minimum Gasteiger partial charge on any atom is -0.481 e. The van der Waals surface area contributed by atoms with Gasteiger partial charge in [-0.1, -0.05) is 12.1 Å². The SMILES string of the molecule is COc1ccc(-c2ccc(S(=O)(=O)n3ccc(/C=C/C(=O)NO)c3)cc2)cn1. The standard InChI is InChI=1S/C19H17N3O5S/c1-27-19-9-5-16(12-20-19)15-3-6-17(7-4-15)28(25,26)22-11-10-14(13-22)2-8-18(23)21-24/h2-13,24H,1H3,(H,21,23)/b8-2+. The molecule has 2 aromatic heterocycles. The van der Waals surface area contributed by atoms with Gasteiger partial charge in [-0.05, 0) is 41.5 Å². The third kappa shape index (κ3) is 4.11. The summed E-state index contributed by atoms with van der Waals surface area (Å²) in [5.74, 6) is -0.212. The van der Waals surface area contributed by atoms with Gasteiger partial charge in [-0.15, -0.1) is 0 Å². The molecule has 9 heteroatoms. The Kier molecular flexibility index (Phi) is 5.57. The summed E-state index contributed by atoms with van der Waals surface area (Å²) in [7, 11) is -2.24. The number of hydrogen-bond donors (Lipinski definition) is 2. The summed E-state index contributed by atoms with van der Waals surface area (Å²) in [6.07, 6.45) is 6.88. The van der Waals surface area contributed by atoms with E-state index in [0.29, 0.717) is 11.4 Å². The van der Waals surface area contributed by atoms with Crippen molar-refractivity contribution in [2.75, 3.05) is 7.11 Å². The molecule has 0 spiro atoms. The minimum atomic E-state index is -3.77. The molecule has 0 fully saturated rings. The van der Waals surface area contributed by atoms with Gasteiger partial charge < -0.3 is 4.74 Å². The first-order chi connectivity index (χ1) is 13.4. The molecule has 3 aromatic rings. The van der Waals surface area contributed by atoms with Gasteiger partial charge in [-0.25, -0.2) is 22.9 Å². The molecule has 28 heavy (non-hydrogen) atoms. The molecule has 0 aliphatic rings. The summed E-state index contributed by atoms with van der Waals surface area (Å²) >= 11 is 0. The molecule has 0 saturated heterocycles. The second kappa shape index (κ2) is 8.07. The van der Waals surface area contributed by atoms with Gasteiger partial charge in [0.05, 0.1) is 12.0 Å². The molecular formula is C19H17N3O5S. The van der Waals surface area contributed by atoms with Gasteiger partial charge in [0.1, 0.15) is 0 Å². The van der Waals surface area contributed by atoms with Crippen LogP contribution in [0.4, 0.5) is 0 Å². The van der Waals surface area contributed by atoms with Crippen LogP contribution in [0.5, 0.6) is 5.88 Å². The van der Waals surface area contributed by atoms with Crippen LogP contribution in [-0.4, -0.2) is 35.6 Å². The van der Waals surface area contributed by atoms with Gasteiger partial charge in [0.2, 0.25) is 5.88 Å². The van der Waals surface area contributed by atoms with Crippen LogP contribution in [0.3, 0.4) is 0 Å². The number of carbonyl (C=O) groups is 1. The molecule has 1 amide bonds. The molecule has 0 aliphatic carbocycles. The average Bonchev–Trinajstić information content (AvgIpc) is 3.22. The maximum Gasteiger partial charge on any atom is 0.267 e. The van der Waals surface area contributed by atoms with E-state index < -0.39 is 15.9 Å². The van der Waals surface area contributed by atoms with E-state index in [2.05, 4.69) is 4.98 Å². The summed E-state index contributed by atoms with van der Waals surface area (Å²) in [6.45, 7) is 0. The second-order valence-electron chi connectivity index (χ2n) is 5.70. The predicted molar refractivity (Wildman–Crippen MR) is 102 cm³/mol. The Hall–Kier alpha value is -3.43. The van der Waals surface area contributed by atoms with Crippen LogP contribution < -0.4 is 10.2 Å². The van der Waals surface area contributed by atoms with Crippen LogP contribution in [0.25, 0.3) is 17.2 Å². The molecule has 0 aliphatic heterocycles. The molecule has 2 N–H and O–H groups in total. The Bertz CT molecular complexity index is 1100. The van der Waals surface area contributed by atoms with Crippen molar-refractivity contribution >= 4 is 22.0 Å². The van der Waals surface area contributed by atoms with Crippen LogP contribution >= 0.6 is 0 Å². The van der Waals surface area contributed by atoms with E-state index in [9.17, 15) is 13.2 Å². The van der Waals surface area contributed by atoms with E-state index in [1.165, 1.54) is 49.3 Å². The highest BCUT2D eigenvalue weighted by molar-refractivity contribution is 7.90. The number of hydroxylamine groups is 1. The summed E-state index contributed by atoms with van der Waals surface area (Å²) < 4.78 is 31.6. The van der Waals surface area contributed by atoms with Gasteiger partial charge in [-0.2, -0.15) is 0 Å². The highest BCUT2D eigenvalue weighted by Gasteiger charge is 2.16. The number of methoxy groups -OCH3 is 1. The van der Waals surface area contributed by atoms with Crippen molar-refractivity contribution in [1.29, 1.82) is 0 Å². The zero-order valence-corrected chi connectivity index (χ0v) is 15.6. The zero-order valence-electron chi connectivity index (χ0n) is 14.8. The molecule has 8 nitrogen and oxygen atoms in total. The molecule has 0 unspecified atom stereocenters. The van der Waals surface area contributed by atoms with Crippen LogP contribution in [0.2, 0.25) is 0 Å². The van der Waals surface area contributed by atoms with Gasteiger partial charge in [-0.3, -0.25) is 10.0 Å². The van der Waals surface area contributed by atoms with Crippen molar-refractivity contribution in [3.05, 3.63) is 72.7 Å². The average molecular weight is 399 g/mol. The Balaban J connectivity index is 1.83. The van der Waals surface area contributed by atoms with Gasteiger partial charge in [0.25, 0.3) is 15.9 Å². The number of ether oxygens (including phenoxy) is 1. The fraction of sp³-hybridized carbons (Fsp3) is 0.0526. The van der Waals surface area contributed by atoms with Crippen molar-refractivity contribution in [3.63, 3.8) is 0 Å². The third-order valence-corrected chi connectivity index (χ3v) is 5.59. The van der Waals surface area contributed by atoms with Crippen LogP contribution in [-0.2, 0) is 14.8 Å². The number of benzene rings is 1. The van der Waals surface area contributed by atoms with E-state index in [0.717, 1.165) is 21.2 Å². The third-order valence-electron chi connectivity index (χ3n) is 3.94. The number of rotatable bonds is 6. The van der Waals surface area contributed by atoms with E-state index in [1.54, 1.807) is 24.4 Å². The molecule has 0 saturated carbocycles. The zero-order chi connectivity index (χ0) is 20.1.